The van der Waals surface area contributed by atoms with E-state index in [-0.39, 0.29) is 10.6 Å². The fourth-order valence-electron chi connectivity index (χ4n) is 1.78. The van der Waals surface area contributed by atoms with Gasteiger partial charge in [0.1, 0.15) is 0 Å². The number of nitrogens with zero attached hydrogens (tertiary/aromatic N) is 2. The van der Waals surface area contributed by atoms with Crippen molar-refractivity contribution in [2.75, 3.05) is 6.26 Å². The molecule has 0 heterocycles. The molecule has 0 aliphatic carbocycles. The van der Waals surface area contributed by atoms with Crippen LogP contribution < -0.4 is 0 Å². The summed E-state index contributed by atoms with van der Waals surface area (Å²) < 4.78 is 0. The SMILES string of the molecule is CSc1ccc(C=Nc2cccc([N+](=O)[O-])c2C)cc1. The van der Waals surface area contributed by atoms with E-state index in [1.165, 1.54) is 11.0 Å². The molecule has 0 atom stereocenters. The predicted octanol–water partition coefficient (Wildman–Crippen LogP) is 4.38. The minimum absolute atomic E-state index is 0.0948. The van der Waals surface area contributed by atoms with Gasteiger partial charge >= 0.3 is 0 Å². The van der Waals surface area contributed by atoms with Crippen LogP contribution in [0.5, 0.6) is 0 Å². The monoisotopic (exact) mass is 286 g/mol. The molecule has 0 aliphatic heterocycles. The number of rotatable bonds is 4. The van der Waals surface area contributed by atoms with Crippen LogP contribution in [0.15, 0.2) is 52.4 Å². The van der Waals surface area contributed by atoms with E-state index in [0.717, 1.165) is 5.56 Å². The first-order valence-corrected chi connectivity index (χ1v) is 7.26. The molecule has 0 radical (unpaired) electrons. The molecule has 0 saturated carbocycles. The van der Waals surface area contributed by atoms with Gasteiger partial charge in [0, 0.05) is 17.2 Å². The summed E-state index contributed by atoms with van der Waals surface area (Å²) in [6, 6.07) is 12.9. The van der Waals surface area contributed by atoms with Crippen LogP contribution in [-0.2, 0) is 0 Å². The van der Waals surface area contributed by atoms with Gasteiger partial charge in [0.2, 0.25) is 0 Å². The first kappa shape index (κ1) is 14.3. The van der Waals surface area contributed by atoms with Gasteiger partial charge in [-0.25, -0.2) is 0 Å². The van der Waals surface area contributed by atoms with Crippen LogP contribution in [0.2, 0.25) is 0 Å². The third-order valence-electron chi connectivity index (χ3n) is 2.94. The maximum absolute atomic E-state index is 10.9. The van der Waals surface area contributed by atoms with Crippen LogP contribution in [0.3, 0.4) is 0 Å². The minimum atomic E-state index is -0.387. The molecule has 0 aromatic heterocycles. The van der Waals surface area contributed by atoms with Crippen molar-refractivity contribution in [1.82, 2.24) is 0 Å². The molecule has 5 heteroatoms. The van der Waals surface area contributed by atoms with Gasteiger partial charge in [0.25, 0.3) is 5.69 Å². The van der Waals surface area contributed by atoms with Crippen molar-refractivity contribution < 1.29 is 4.92 Å². The largest absolute Gasteiger partial charge is 0.274 e. The third-order valence-corrected chi connectivity index (χ3v) is 3.69. The Morgan fingerprint density at radius 1 is 1.20 bits per heavy atom. The Morgan fingerprint density at radius 2 is 1.90 bits per heavy atom. The number of hydrogen-bond acceptors (Lipinski definition) is 4. The maximum Gasteiger partial charge on any atom is 0.274 e. The zero-order valence-electron chi connectivity index (χ0n) is 11.2. The number of nitro benzene ring substituents is 1. The van der Waals surface area contributed by atoms with Crippen molar-refractivity contribution in [2.45, 2.75) is 11.8 Å². The first-order valence-electron chi connectivity index (χ1n) is 6.04. The van der Waals surface area contributed by atoms with Crippen LogP contribution >= 0.6 is 11.8 Å². The van der Waals surface area contributed by atoms with Crippen molar-refractivity contribution in [2.24, 2.45) is 4.99 Å². The summed E-state index contributed by atoms with van der Waals surface area (Å²) in [6.45, 7) is 1.71. The number of hydrogen-bond donors (Lipinski definition) is 0. The lowest BCUT2D eigenvalue weighted by atomic mass is 10.1. The summed E-state index contributed by atoms with van der Waals surface area (Å²) in [5, 5.41) is 10.9. The second kappa shape index (κ2) is 6.34. The molecule has 4 nitrogen and oxygen atoms in total. The number of benzene rings is 2. The Kier molecular flexibility index (Phi) is 4.53. The van der Waals surface area contributed by atoms with E-state index in [1.54, 1.807) is 37.0 Å². The summed E-state index contributed by atoms with van der Waals surface area (Å²) in [5.41, 5.74) is 2.26. The summed E-state index contributed by atoms with van der Waals surface area (Å²) in [7, 11) is 0. The minimum Gasteiger partial charge on any atom is -0.258 e. The molecule has 0 N–H and O–H groups in total. The summed E-state index contributed by atoms with van der Waals surface area (Å²) in [4.78, 5) is 16.0. The van der Waals surface area contributed by atoms with Gasteiger partial charge in [-0.3, -0.25) is 15.1 Å². The van der Waals surface area contributed by atoms with Gasteiger partial charge in [-0.15, -0.1) is 11.8 Å². The normalized spacial score (nSPS) is 10.9. The highest BCUT2D eigenvalue weighted by Crippen LogP contribution is 2.27. The molecule has 0 bridgehead atoms. The molecule has 0 fully saturated rings. The Morgan fingerprint density at radius 3 is 2.50 bits per heavy atom. The lowest BCUT2D eigenvalue weighted by molar-refractivity contribution is -0.385. The van der Waals surface area contributed by atoms with Gasteiger partial charge < -0.3 is 0 Å². The molecule has 2 aromatic rings. The van der Waals surface area contributed by atoms with E-state index in [2.05, 4.69) is 4.99 Å². The van der Waals surface area contributed by atoms with E-state index in [1.807, 2.05) is 30.5 Å². The zero-order valence-corrected chi connectivity index (χ0v) is 12.1. The lowest BCUT2D eigenvalue weighted by Crippen LogP contribution is -1.91. The van der Waals surface area contributed by atoms with Crippen LogP contribution in [-0.4, -0.2) is 17.4 Å². The highest BCUT2D eigenvalue weighted by Gasteiger charge is 2.12. The number of nitro groups is 1. The summed E-state index contributed by atoms with van der Waals surface area (Å²) in [5.74, 6) is 0. The third kappa shape index (κ3) is 3.24. The molecule has 2 rings (SSSR count). The fourth-order valence-corrected chi connectivity index (χ4v) is 2.19. The van der Waals surface area contributed by atoms with Gasteiger partial charge in [-0.1, -0.05) is 18.2 Å². The zero-order chi connectivity index (χ0) is 14.5. The Hall–Kier alpha value is -2.14. The van der Waals surface area contributed by atoms with Gasteiger partial charge in [0.15, 0.2) is 0 Å². The average Bonchev–Trinajstić information content (AvgIpc) is 2.46. The second-order valence-corrected chi connectivity index (χ2v) is 5.09. The van der Waals surface area contributed by atoms with Crippen molar-refractivity contribution in [3.05, 3.63) is 63.7 Å². The molecule has 0 aliphatic rings. The molecular formula is C15H14N2O2S. The van der Waals surface area contributed by atoms with E-state index < -0.39 is 0 Å². The Balaban J connectivity index is 2.26. The highest BCUT2D eigenvalue weighted by atomic mass is 32.2. The van der Waals surface area contributed by atoms with Gasteiger partial charge in [-0.2, -0.15) is 0 Å². The lowest BCUT2D eigenvalue weighted by Gasteiger charge is -2.01. The predicted molar refractivity (Wildman–Crippen MR) is 83.3 cm³/mol. The molecule has 0 amide bonds. The number of aliphatic imine (C=N–C) groups is 1. The molecule has 0 spiro atoms. The molecule has 0 saturated heterocycles. The van der Waals surface area contributed by atoms with E-state index in [4.69, 9.17) is 0 Å². The molecule has 102 valence electrons. The van der Waals surface area contributed by atoms with Crippen molar-refractivity contribution >= 4 is 29.4 Å². The Bertz CT molecular complexity index is 651. The summed E-state index contributed by atoms with van der Waals surface area (Å²) in [6.07, 6.45) is 3.74. The van der Waals surface area contributed by atoms with Crippen molar-refractivity contribution in [1.29, 1.82) is 0 Å². The van der Waals surface area contributed by atoms with Gasteiger partial charge in [-0.05, 0) is 36.9 Å². The van der Waals surface area contributed by atoms with E-state index >= 15 is 0 Å². The first-order chi connectivity index (χ1) is 9.61. The maximum atomic E-state index is 10.9. The van der Waals surface area contributed by atoms with Crippen molar-refractivity contribution in [3.63, 3.8) is 0 Å². The second-order valence-electron chi connectivity index (χ2n) is 4.21. The standard InChI is InChI=1S/C15H14N2O2S/c1-11-14(4-3-5-15(11)17(18)19)16-10-12-6-8-13(20-2)9-7-12/h3-10H,1-2H3. The summed E-state index contributed by atoms with van der Waals surface area (Å²) >= 11 is 1.68. The smallest absolute Gasteiger partial charge is 0.258 e. The fraction of sp³-hybridized carbons (Fsp3) is 0.133. The van der Waals surface area contributed by atoms with E-state index in [0.29, 0.717) is 11.3 Å². The molecule has 2 aromatic carbocycles. The quantitative estimate of drug-likeness (QED) is 0.363. The molecule has 20 heavy (non-hydrogen) atoms. The topological polar surface area (TPSA) is 55.5 Å². The van der Waals surface area contributed by atoms with Crippen LogP contribution in [0, 0.1) is 17.0 Å². The number of thioether (sulfide) groups is 1. The highest BCUT2D eigenvalue weighted by molar-refractivity contribution is 7.98. The average molecular weight is 286 g/mol. The van der Waals surface area contributed by atoms with Crippen molar-refractivity contribution in [3.8, 4) is 0 Å². The van der Waals surface area contributed by atoms with Crippen LogP contribution in [0.4, 0.5) is 11.4 Å². The Labute approximate surface area is 121 Å². The van der Waals surface area contributed by atoms with Crippen LogP contribution in [0.25, 0.3) is 0 Å². The molecular weight excluding hydrogens is 272 g/mol. The molecule has 0 unspecified atom stereocenters. The van der Waals surface area contributed by atoms with E-state index in [9.17, 15) is 10.1 Å². The van der Waals surface area contributed by atoms with Gasteiger partial charge in [0.05, 0.1) is 16.2 Å². The van der Waals surface area contributed by atoms with Crippen LogP contribution in [0.1, 0.15) is 11.1 Å².